The van der Waals surface area contributed by atoms with Gasteiger partial charge >= 0.3 is 0 Å². The fourth-order valence-electron chi connectivity index (χ4n) is 4.67. The summed E-state index contributed by atoms with van der Waals surface area (Å²) < 4.78 is 0. The summed E-state index contributed by atoms with van der Waals surface area (Å²) >= 11 is 1.50. The number of rotatable bonds is 2. The van der Waals surface area contributed by atoms with Crippen LogP contribution in [-0.4, -0.2) is 21.5 Å². The summed E-state index contributed by atoms with van der Waals surface area (Å²) in [6.45, 7) is 4.37. The normalized spacial score (nSPS) is 15.8. The van der Waals surface area contributed by atoms with Crippen LogP contribution in [0.1, 0.15) is 50.6 Å². The van der Waals surface area contributed by atoms with E-state index in [1.165, 1.54) is 11.3 Å². The average molecular weight is 450 g/mol. The van der Waals surface area contributed by atoms with Crippen LogP contribution in [0.4, 0.5) is 16.6 Å². The summed E-state index contributed by atoms with van der Waals surface area (Å²) in [4.78, 5) is 37.9. The van der Waals surface area contributed by atoms with Gasteiger partial charge in [0.1, 0.15) is 16.6 Å². The zero-order chi connectivity index (χ0) is 22.7. The first-order chi connectivity index (χ1) is 16.0. The highest BCUT2D eigenvalue weighted by Crippen LogP contribution is 2.51. The number of fused-ring (bicyclic) bond motifs is 3. The lowest BCUT2D eigenvalue weighted by Crippen LogP contribution is -2.31. The van der Waals surface area contributed by atoms with Gasteiger partial charge in [-0.2, -0.15) is 0 Å². The van der Waals surface area contributed by atoms with Crippen LogP contribution in [0.2, 0.25) is 0 Å². The number of pyridine rings is 2. The van der Waals surface area contributed by atoms with Crippen molar-refractivity contribution < 1.29 is 9.59 Å². The summed E-state index contributed by atoms with van der Waals surface area (Å²) in [5.41, 5.74) is 3.16. The van der Waals surface area contributed by atoms with E-state index in [1.807, 2.05) is 24.3 Å². The van der Waals surface area contributed by atoms with Crippen LogP contribution in [0.25, 0.3) is 6.08 Å². The van der Waals surface area contributed by atoms with Crippen LogP contribution in [0.5, 0.6) is 0 Å². The van der Waals surface area contributed by atoms with Gasteiger partial charge in [-0.3, -0.25) is 14.5 Å². The number of anilines is 3. The van der Waals surface area contributed by atoms with E-state index >= 15 is 0 Å². The van der Waals surface area contributed by atoms with Crippen LogP contribution < -0.4 is 4.90 Å². The number of nitrogens with zero attached hydrogens (tertiary/aromatic N) is 3. The van der Waals surface area contributed by atoms with Gasteiger partial charge in [0.15, 0.2) is 11.6 Å². The van der Waals surface area contributed by atoms with Gasteiger partial charge < -0.3 is 0 Å². The molecule has 6 rings (SSSR count). The minimum atomic E-state index is -0.236. The van der Waals surface area contributed by atoms with Crippen LogP contribution in [0, 0.1) is 0 Å². The van der Waals surface area contributed by atoms with Crippen molar-refractivity contribution in [2.75, 3.05) is 4.90 Å². The van der Waals surface area contributed by atoms with Crippen LogP contribution in [-0.2, 0) is 5.41 Å². The maximum absolute atomic E-state index is 12.8. The molecular weight excluding hydrogens is 430 g/mol. The third-order valence-electron chi connectivity index (χ3n) is 6.37. The highest BCUT2D eigenvalue weighted by Gasteiger charge is 2.39. The third kappa shape index (κ3) is 2.84. The predicted molar refractivity (Wildman–Crippen MR) is 130 cm³/mol. The number of hydrogen-bond acceptors (Lipinski definition) is 6. The zero-order valence-electron chi connectivity index (χ0n) is 18.1. The number of benzene rings is 1. The number of carbonyl (C=O) groups is 2. The fraction of sp³-hybridized carbons (Fsp3) is 0.111. The first-order valence-electron chi connectivity index (χ1n) is 10.7. The van der Waals surface area contributed by atoms with Crippen molar-refractivity contribution in [1.29, 1.82) is 0 Å². The molecule has 160 valence electrons. The van der Waals surface area contributed by atoms with Gasteiger partial charge in [-0.05, 0) is 30.3 Å². The van der Waals surface area contributed by atoms with Gasteiger partial charge in [0, 0.05) is 44.9 Å². The molecule has 1 aromatic carbocycles. The number of carbonyl (C=O) groups excluding carboxylic acids is 2. The lowest BCUT2D eigenvalue weighted by Gasteiger charge is -2.39. The Kier molecular flexibility index (Phi) is 4.22. The van der Waals surface area contributed by atoms with Gasteiger partial charge in [-0.15, -0.1) is 11.3 Å². The minimum Gasteiger partial charge on any atom is -0.288 e. The van der Waals surface area contributed by atoms with E-state index in [0.717, 1.165) is 32.6 Å². The first-order valence-corrected chi connectivity index (χ1v) is 11.5. The van der Waals surface area contributed by atoms with Gasteiger partial charge in [0.25, 0.3) is 0 Å². The summed E-state index contributed by atoms with van der Waals surface area (Å²) in [5.74, 6) is 1.25. The van der Waals surface area contributed by atoms with Crippen molar-refractivity contribution in [1.82, 2.24) is 9.97 Å². The smallest absolute Gasteiger partial charge is 0.197 e. The Hall–Kier alpha value is -3.90. The highest BCUT2D eigenvalue weighted by molar-refractivity contribution is 7.17. The molecule has 3 aromatic heterocycles. The second-order valence-corrected chi connectivity index (χ2v) is 9.74. The number of aromatic nitrogens is 2. The molecule has 0 bridgehead atoms. The Labute approximate surface area is 195 Å². The van der Waals surface area contributed by atoms with Crippen LogP contribution in [0.3, 0.4) is 0 Å². The van der Waals surface area contributed by atoms with E-state index in [0.29, 0.717) is 11.1 Å². The number of ketones is 2. The van der Waals surface area contributed by atoms with Gasteiger partial charge in [-0.1, -0.05) is 50.2 Å². The van der Waals surface area contributed by atoms with Crippen molar-refractivity contribution >= 4 is 45.6 Å². The molecule has 1 aliphatic carbocycles. The predicted octanol–water partition coefficient (Wildman–Crippen LogP) is 6.11. The lowest BCUT2D eigenvalue weighted by molar-refractivity contribution is 0.0990. The molecule has 0 saturated carbocycles. The summed E-state index contributed by atoms with van der Waals surface area (Å²) in [7, 11) is 0. The molecule has 0 saturated heterocycles. The monoisotopic (exact) mass is 449 g/mol. The fourth-order valence-corrected chi connectivity index (χ4v) is 5.62. The Morgan fingerprint density at radius 1 is 0.788 bits per heavy atom. The molecule has 0 N–H and O–H groups in total. The van der Waals surface area contributed by atoms with Crippen molar-refractivity contribution in [3.05, 3.63) is 106 Å². The van der Waals surface area contributed by atoms with Crippen molar-refractivity contribution in [2.24, 2.45) is 0 Å². The largest absolute Gasteiger partial charge is 0.288 e. The van der Waals surface area contributed by atoms with Crippen molar-refractivity contribution in [3.63, 3.8) is 0 Å². The maximum Gasteiger partial charge on any atom is 0.197 e. The second kappa shape index (κ2) is 7.05. The molecule has 4 aromatic rings. The Bertz CT molecular complexity index is 1410. The zero-order valence-corrected chi connectivity index (χ0v) is 18.9. The third-order valence-corrected chi connectivity index (χ3v) is 7.39. The molecule has 0 unspecified atom stereocenters. The summed E-state index contributed by atoms with van der Waals surface area (Å²) in [5, 5.41) is 0.924. The lowest BCUT2D eigenvalue weighted by atomic mass is 9.76. The standard InChI is InChI=1S/C27H19N3O2S/c1-27(2)20-9-5-13-28-25(20)30(26-21(27)10-6-14-29-26)22-12-11-16(33-22)15-19-23(31)17-7-3-4-8-18(17)24(19)32/h3-15H,1-2H3. The summed E-state index contributed by atoms with van der Waals surface area (Å²) in [6.07, 6.45) is 5.28. The maximum atomic E-state index is 12.8. The topological polar surface area (TPSA) is 63.2 Å². The van der Waals surface area contributed by atoms with Crippen molar-refractivity contribution in [2.45, 2.75) is 19.3 Å². The van der Waals surface area contributed by atoms with Gasteiger partial charge in [0.2, 0.25) is 0 Å². The number of Topliss-reactive ketones (excluding diaryl/α,β-unsaturated/α-hetero) is 2. The molecule has 0 amide bonds. The van der Waals surface area contributed by atoms with Gasteiger partial charge in [-0.25, -0.2) is 9.97 Å². The SMILES string of the molecule is CC1(C)c2cccnc2N(c2ccc(C=C3C(=O)c4ccccc4C3=O)s2)c2ncccc21. The molecule has 5 nitrogen and oxygen atoms in total. The number of thiophene rings is 1. The van der Waals surface area contributed by atoms with E-state index in [1.54, 1.807) is 42.7 Å². The van der Waals surface area contributed by atoms with E-state index in [4.69, 9.17) is 9.97 Å². The molecule has 0 fully saturated rings. The molecule has 0 spiro atoms. The molecule has 4 heterocycles. The Balaban J connectivity index is 1.45. The second-order valence-electron chi connectivity index (χ2n) is 8.65. The molecule has 2 aliphatic rings. The average Bonchev–Trinajstić information content (AvgIpc) is 3.39. The Morgan fingerprint density at radius 2 is 1.36 bits per heavy atom. The first kappa shape index (κ1) is 19.8. The molecule has 0 atom stereocenters. The minimum absolute atomic E-state index is 0.210. The van der Waals surface area contributed by atoms with Crippen molar-refractivity contribution in [3.8, 4) is 0 Å². The highest BCUT2D eigenvalue weighted by atomic mass is 32.1. The molecule has 6 heteroatoms. The van der Waals surface area contributed by atoms with Crippen LogP contribution >= 0.6 is 11.3 Å². The van der Waals surface area contributed by atoms with E-state index < -0.39 is 0 Å². The van der Waals surface area contributed by atoms with E-state index in [9.17, 15) is 9.59 Å². The molecule has 1 aliphatic heterocycles. The number of allylic oxidation sites excluding steroid dienone is 1. The molecule has 0 radical (unpaired) electrons. The quantitative estimate of drug-likeness (QED) is 0.273. The molecular formula is C27H19N3O2S. The van der Waals surface area contributed by atoms with E-state index in [2.05, 4.69) is 30.9 Å². The van der Waals surface area contributed by atoms with Crippen LogP contribution in [0.15, 0.2) is 78.6 Å². The van der Waals surface area contributed by atoms with E-state index in [-0.39, 0.29) is 22.6 Å². The number of hydrogen-bond donors (Lipinski definition) is 0. The van der Waals surface area contributed by atoms with Gasteiger partial charge in [0.05, 0.1) is 5.57 Å². The Morgan fingerprint density at radius 3 is 1.94 bits per heavy atom. The molecule has 33 heavy (non-hydrogen) atoms. The summed E-state index contributed by atoms with van der Waals surface area (Å²) in [6, 6.07) is 19.0.